The lowest BCUT2D eigenvalue weighted by Crippen LogP contribution is -2.23. The van der Waals surface area contributed by atoms with Gasteiger partial charge in [0, 0.05) is 10.7 Å². The van der Waals surface area contributed by atoms with E-state index in [0.29, 0.717) is 0 Å². The number of hydrogen-bond donors (Lipinski definition) is 0. The normalized spacial score (nSPS) is 22.1. The third-order valence-electron chi connectivity index (χ3n) is 3.09. The molecule has 20 heavy (non-hydrogen) atoms. The van der Waals surface area contributed by atoms with Crippen LogP contribution in [-0.2, 0) is 20.3 Å². The molecule has 0 saturated carbocycles. The molecule has 1 aliphatic heterocycles. The van der Waals surface area contributed by atoms with Crippen LogP contribution in [0.1, 0.15) is 26.7 Å². The Hall–Kier alpha value is -1.19. The van der Waals surface area contributed by atoms with Gasteiger partial charge in [-0.1, -0.05) is 0 Å². The van der Waals surface area contributed by atoms with Gasteiger partial charge >= 0.3 is 5.82 Å². The van der Waals surface area contributed by atoms with Crippen molar-refractivity contribution in [1.29, 1.82) is 0 Å². The fourth-order valence-electron chi connectivity index (χ4n) is 2.20. The minimum atomic E-state index is -4.21. The molecule has 112 valence electrons. The quantitative estimate of drug-likeness (QED) is 0.474. The summed E-state index contributed by atoms with van der Waals surface area (Å²) in [6, 6.07) is 0. The summed E-state index contributed by atoms with van der Waals surface area (Å²) in [5, 5.41) is 14.5. The second-order valence-corrected chi connectivity index (χ2v) is 7.81. The SMILES string of the molecule is CC1(C)CCC(Cn2cc(S(=O)(=O)Cl)c([N+](=O)[O-])n2)O1. The summed E-state index contributed by atoms with van der Waals surface area (Å²) in [5.74, 6) is -0.766. The van der Waals surface area contributed by atoms with E-state index in [4.69, 9.17) is 15.4 Å². The lowest BCUT2D eigenvalue weighted by molar-refractivity contribution is -0.392. The minimum absolute atomic E-state index is 0.157. The smallest absolute Gasteiger partial charge is 0.370 e. The summed E-state index contributed by atoms with van der Waals surface area (Å²) in [6.07, 6.45) is 2.55. The topological polar surface area (TPSA) is 104 Å². The largest absolute Gasteiger partial charge is 0.410 e. The molecule has 0 radical (unpaired) electrons. The summed E-state index contributed by atoms with van der Waals surface area (Å²) in [5.41, 5.74) is -0.245. The standard InChI is InChI=1S/C10H14ClN3O5S/c1-10(2)4-3-7(19-10)5-13-6-8(20(11,17)18)9(12-13)14(15)16/h6-7H,3-5H2,1-2H3. The van der Waals surface area contributed by atoms with Crippen LogP contribution in [-0.4, -0.2) is 34.8 Å². The van der Waals surface area contributed by atoms with Crippen LogP contribution in [0.15, 0.2) is 11.1 Å². The van der Waals surface area contributed by atoms with E-state index in [1.54, 1.807) is 0 Å². The van der Waals surface area contributed by atoms with Crippen LogP contribution in [0.4, 0.5) is 5.82 Å². The van der Waals surface area contributed by atoms with Crippen LogP contribution in [0.5, 0.6) is 0 Å². The number of aromatic nitrogens is 2. The molecule has 0 aliphatic carbocycles. The van der Waals surface area contributed by atoms with Gasteiger partial charge in [0.15, 0.2) is 0 Å². The van der Waals surface area contributed by atoms with Gasteiger partial charge in [-0.2, -0.15) is 4.68 Å². The molecule has 1 fully saturated rings. The molecule has 2 rings (SSSR count). The fraction of sp³-hybridized carbons (Fsp3) is 0.700. The molecule has 1 unspecified atom stereocenters. The first-order valence-corrected chi connectivity index (χ1v) is 8.24. The summed E-state index contributed by atoms with van der Waals surface area (Å²) in [6.45, 7) is 4.15. The van der Waals surface area contributed by atoms with Crippen molar-refractivity contribution in [2.75, 3.05) is 0 Å². The van der Waals surface area contributed by atoms with Crippen molar-refractivity contribution in [3.05, 3.63) is 16.3 Å². The Morgan fingerprint density at radius 3 is 2.70 bits per heavy atom. The van der Waals surface area contributed by atoms with Gasteiger partial charge in [0.1, 0.15) is 0 Å². The lowest BCUT2D eigenvalue weighted by atomic mass is 10.1. The summed E-state index contributed by atoms with van der Waals surface area (Å²) >= 11 is 0. The predicted molar refractivity (Wildman–Crippen MR) is 70.1 cm³/mol. The van der Waals surface area contributed by atoms with Gasteiger partial charge in [0.05, 0.1) is 29.5 Å². The first-order chi connectivity index (χ1) is 9.08. The highest BCUT2D eigenvalue weighted by Gasteiger charge is 2.35. The molecule has 0 amide bonds. The first-order valence-electron chi connectivity index (χ1n) is 5.93. The third kappa shape index (κ3) is 3.28. The van der Waals surface area contributed by atoms with Gasteiger partial charge in [0.2, 0.25) is 4.90 Å². The summed E-state index contributed by atoms with van der Waals surface area (Å²) in [4.78, 5) is 9.33. The molecular weight excluding hydrogens is 310 g/mol. The average molecular weight is 324 g/mol. The van der Waals surface area contributed by atoms with Crippen molar-refractivity contribution in [3.63, 3.8) is 0 Å². The number of rotatable bonds is 4. The number of halogens is 1. The second kappa shape index (κ2) is 4.97. The highest BCUT2D eigenvalue weighted by atomic mass is 35.7. The van der Waals surface area contributed by atoms with Crippen LogP contribution in [0.25, 0.3) is 0 Å². The third-order valence-corrected chi connectivity index (χ3v) is 4.40. The molecule has 1 aromatic heterocycles. The van der Waals surface area contributed by atoms with Gasteiger partial charge in [-0.05, 0) is 31.6 Å². The van der Waals surface area contributed by atoms with Crippen molar-refractivity contribution in [2.45, 2.75) is 49.8 Å². The van der Waals surface area contributed by atoms with Crippen LogP contribution >= 0.6 is 10.7 Å². The fourth-order valence-corrected chi connectivity index (χ4v) is 3.11. The van der Waals surface area contributed by atoms with Crippen LogP contribution in [0, 0.1) is 10.1 Å². The Labute approximate surface area is 120 Å². The molecule has 1 aromatic rings. The predicted octanol–water partition coefficient (Wildman–Crippen LogP) is 1.68. The van der Waals surface area contributed by atoms with Crippen LogP contribution in [0.2, 0.25) is 0 Å². The van der Waals surface area contributed by atoms with E-state index in [2.05, 4.69) is 5.10 Å². The van der Waals surface area contributed by atoms with E-state index in [0.717, 1.165) is 19.0 Å². The highest BCUT2D eigenvalue weighted by molar-refractivity contribution is 8.13. The maximum Gasteiger partial charge on any atom is 0.410 e. The van der Waals surface area contributed by atoms with Crippen LogP contribution < -0.4 is 0 Å². The van der Waals surface area contributed by atoms with E-state index in [9.17, 15) is 18.5 Å². The Balaban J connectivity index is 2.24. The van der Waals surface area contributed by atoms with Crippen molar-refractivity contribution in [3.8, 4) is 0 Å². The molecule has 0 aromatic carbocycles. The lowest BCUT2D eigenvalue weighted by Gasteiger charge is -2.18. The Kier molecular flexibility index (Phi) is 3.78. The summed E-state index contributed by atoms with van der Waals surface area (Å²) in [7, 11) is 0.959. The van der Waals surface area contributed by atoms with Crippen LogP contribution in [0.3, 0.4) is 0 Å². The zero-order valence-corrected chi connectivity index (χ0v) is 12.5. The van der Waals surface area contributed by atoms with Crippen molar-refractivity contribution in [1.82, 2.24) is 9.78 Å². The molecule has 2 heterocycles. The zero-order chi connectivity index (χ0) is 15.1. The van der Waals surface area contributed by atoms with Gasteiger partial charge in [0.25, 0.3) is 9.05 Å². The van der Waals surface area contributed by atoms with E-state index < -0.39 is 24.7 Å². The molecule has 10 heteroatoms. The molecule has 0 spiro atoms. The first kappa shape index (κ1) is 15.2. The zero-order valence-electron chi connectivity index (χ0n) is 10.9. The maximum atomic E-state index is 11.3. The van der Waals surface area contributed by atoms with E-state index >= 15 is 0 Å². The van der Waals surface area contributed by atoms with Crippen molar-refractivity contribution in [2.24, 2.45) is 0 Å². The number of ether oxygens (including phenoxy) is 1. The maximum absolute atomic E-state index is 11.3. The van der Waals surface area contributed by atoms with Gasteiger partial charge < -0.3 is 14.9 Å². The Morgan fingerprint density at radius 2 is 2.30 bits per heavy atom. The monoisotopic (exact) mass is 323 g/mol. The number of nitro groups is 1. The van der Waals surface area contributed by atoms with Crippen molar-refractivity contribution >= 4 is 25.6 Å². The molecule has 1 aliphatic rings. The van der Waals surface area contributed by atoms with Crippen molar-refractivity contribution < 1.29 is 18.1 Å². The molecule has 0 bridgehead atoms. The highest BCUT2D eigenvalue weighted by Crippen LogP contribution is 2.31. The van der Waals surface area contributed by atoms with Gasteiger partial charge in [-0.15, -0.1) is 0 Å². The van der Waals surface area contributed by atoms with Gasteiger partial charge in [-0.25, -0.2) is 8.42 Å². The number of hydrogen-bond acceptors (Lipinski definition) is 6. The minimum Gasteiger partial charge on any atom is -0.370 e. The molecule has 1 atom stereocenters. The van der Waals surface area contributed by atoms with Gasteiger partial charge in [-0.3, -0.25) is 0 Å². The Morgan fingerprint density at radius 1 is 1.65 bits per heavy atom. The molecule has 0 N–H and O–H groups in total. The Bertz CT molecular complexity index is 639. The van der Waals surface area contributed by atoms with E-state index in [1.165, 1.54) is 4.68 Å². The average Bonchev–Trinajstić information content (AvgIpc) is 2.82. The molecular formula is C10H14ClN3O5S. The molecule has 8 nitrogen and oxygen atoms in total. The second-order valence-electron chi connectivity index (χ2n) is 5.27. The summed E-state index contributed by atoms with van der Waals surface area (Å²) < 4.78 is 29.5. The number of nitrogens with zero attached hydrogens (tertiary/aromatic N) is 3. The van der Waals surface area contributed by atoms with E-state index in [-0.39, 0.29) is 18.2 Å². The molecule has 1 saturated heterocycles. The van der Waals surface area contributed by atoms with E-state index in [1.807, 2.05) is 13.8 Å².